The summed E-state index contributed by atoms with van der Waals surface area (Å²) in [4.78, 5) is 13.8. The van der Waals surface area contributed by atoms with Crippen molar-refractivity contribution in [2.24, 2.45) is 0 Å². The molecular weight excluding hydrogens is 134 g/mol. The minimum atomic E-state index is 0.567. The molecule has 44 valence electrons. The molecule has 0 radical (unpaired) electrons. The Balaban J connectivity index is 3.03. The van der Waals surface area contributed by atoms with Gasteiger partial charge in [0.2, 0.25) is 5.00 Å². The van der Waals surface area contributed by atoms with Crippen LogP contribution < -0.4 is 0 Å². The second-order valence-corrected chi connectivity index (χ2v) is 2.50. The molecule has 3 heteroatoms. The first-order valence-electron chi connectivity index (χ1n) is 2.29. The molecule has 0 aliphatic carbocycles. The Morgan fingerprint density at radius 2 is 2.44 bits per heavy atom. The van der Waals surface area contributed by atoms with Crippen LogP contribution in [0.1, 0.15) is 9.67 Å². The summed E-state index contributed by atoms with van der Waals surface area (Å²) in [6.07, 6.45) is 0.749. The van der Waals surface area contributed by atoms with Crippen LogP contribution in [0.3, 0.4) is 0 Å². The van der Waals surface area contributed by atoms with E-state index in [1.807, 2.05) is 0 Å². The topological polar surface area (TPSA) is 21.4 Å². The number of thiophene rings is 1. The van der Waals surface area contributed by atoms with Crippen LogP contribution in [-0.4, -0.2) is 6.29 Å². The van der Waals surface area contributed by atoms with Gasteiger partial charge in [-0.2, -0.15) is 11.3 Å². The summed E-state index contributed by atoms with van der Waals surface area (Å²) in [5.74, 6) is 0. The Kier molecular flexibility index (Phi) is 1.61. The molecule has 0 atom stereocenters. The summed E-state index contributed by atoms with van der Waals surface area (Å²) < 4.78 is 0. The van der Waals surface area contributed by atoms with Gasteiger partial charge in [0.25, 0.3) is 0 Å². The second kappa shape index (κ2) is 2.42. The molecular formula is C6H3NOS. The number of hydrogen-bond donors (Lipinski definition) is 0. The van der Waals surface area contributed by atoms with Gasteiger partial charge in [-0.3, -0.25) is 4.79 Å². The standard InChI is InChI=1S/C6H3NOS/c1-7-6-3-2-5(4-8)9-6/h2-4H. The van der Waals surface area contributed by atoms with Crippen LogP contribution in [0.2, 0.25) is 0 Å². The van der Waals surface area contributed by atoms with Gasteiger partial charge in [-0.25, -0.2) is 4.85 Å². The van der Waals surface area contributed by atoms with Crippen molar-refractivity contribution in [1.29, 1.82) is 0 Å². The third-order valence-corrected chi connectivity index (χ3v) is 1.74. The predicted octanol–water partition coefficient (Wildman–Crippen LogP) is 2.11. The molecule has 0 saturated heterocycles. The van der Waals surface area contributed by atoms with Crippen molar-refractivity contribution in [3.8, 4) is 0 Å². The van der Waals surface area contributed by atoms with Crippen molar-refractivity contribution in [3.63, 3.8) is 0 Å². The van der Waals surface area contributed by atoms with E-state index in [1.54, 1.807) is 12.1 Å². The summed E-state index contributed by atoms with van der Waals surface area (Å²) in [6, 6.07) is 3.28. The third kappa shape index (κ3) is 1.15. The van der Waals surface area contributed by atoms with E-state index in [9.17, 15) is 4.79 Å². The summed E-state index contributed by atoms with van der Waals surface area (Å²) in [5, 5.41) is 0.567. The van der Waals surface area contributed by atoms with Crippen molar-refractivity contribution in [3.05, 3.63) is 28.4 Å². The van der Waals surface area contributed by atoms with Crippen LogP contribution >= 0.6 is 11.3 Å². The summed E-state index contributed by atoms with van der Waals surface area (Å²) in [5.41, 5.74) is 0. The van der Waals surface area contributed by atoms with Crippen molar-refractivity contribution in [1.82, 2.24) is 0 Å². The quantitative estimate of drug-likeness (QED) is 0.429. The molecule has 0 N–H and O–H groups in total. The Morgan fingerprint density at radius 1 is 1.67 bits per heavy atom. The van der Waals surface area contributed by atoms with Crippen molar-refractivity contribution in [2.45, 2.75) is 0 Å². The zero-order valence-corrected chi connectivity index (χ0v) is 5.31. The number of rotatable bonds is 1. The minimum absolute atomic E-state index is 0.567. The van der Waals surface area contributed by atoms with Crippen LogP contribution in [0.25, 0.3) is 4.85 Å². The fraction of sp³-hybridized carbons (Fsp3) is 0. The first-order valence-corrected chi connectivity index (χ1v) is 3.11. The predicted molar refractivity (Wildman–Crippen MR) is 36.0 cm³/mol. The largest absolute Gasteiger partial charge is 0.297 e. The Morgan fingerprint density at radius 3 is 2.78 bits per heavy atom. The lowest BCUT2D eigenvalue weighted by molar-refractivity contribution is 0.112. The van der Waals surface area contributed by atoms with E-state index in [-0.39, 0.29) is 0 Å². The van der Waals surface area contributed by atoms with Crippen LogP contribution in [0.5, 0.6) is 0 Å². The highest BCUT2D eigenvalue weighted by atomic mass is 32.1. The molecule has 0 amide bonds. The van der Waals surface area contributed by atoms with Gasteiger partial charge in [-0.05, 0) is 6.07 Å². The maximum Gasteiger partial charge on any atom is 0.241 e. The molecule has 0 bridgehead atoms. The number of carbonyl (C=O) groups is 1. The SMILES string of the molecule is [C-]#[N+]c1ccc(C=O)s1. The maximum absolute atomic E-state index is 10.0. The van der Waals surface area contributed by atoms with Crippen molar-refractivity contribution >= 4 is 22.6 Å². The molecule has 2 nitrogen and oxygen atoms in total. The number of hydrogen-bond acceptors (Lipinski definition) is 2. The molecule has 1 rings (SSSR count). The van der Waals surface area contributed by atoms with Crippen molar-refractivity contribution < 1.29 is 4.79 Å². The molecule has 9 heavy (non-hydrogen) atoms. The molecule has 0 unspecified atom stereocenters. The van der Waals surface area contributed by atoms with Crippen LogP contribution in [0.4, 0.5) is 5.00 Å². The Bertz CT molecular complexity index is 258. The van der Waals surface area contributed by atoms with E-state index in [1.165, 1.54) is 11.3 Å². The second-order valence-electron chi connectivity index (χ2n) is 1.41. The fourth-order valence-electron chi connectivity index (χ4n) is 0.466. The Hall–Kier alpha value is -1.14. The molecule has 0 aliphatic rings. The zero-order chi connectivity index (χ0) is 6.69. The van der Waals surface area contributed by atoms with Gasteiger partial charge in [0.05, 0.1) is 11.4 Å². The molecule has 1 aromatic heterocycles. The lowest BCUT2D eigenvalue weighted by atomic mass is 10.5. The third-order valence-electron chi connectivity index (χ3n) is 0.839. The number of carbonyl (C=O) groups excluding carboxylic acids is 1. The number of nitrogens with zero attached hydrogens (tertiary/aromatic N) is 1. The van der Waals surface area contributed by atoms with Gasteiger partial charge in [0, 0.05) is 0 Å². The summed E-state index contributed by atoms with van der Waals surface area (Å²) in [7, 11) is 0. The van der Waals surface area contributed by atoms with E-state index >= 15 is 0 Å². The van der Waals surface area contributed by atoms with Gasteiger partial charge < -0.3 is 0 Å². The average Bonchev–Trinajstić information content (AvgIpc) is 2.34. The van der Waals surface area contributed by atoms with Gasteiger partial charge in [0.1, 0.15) is 0 Å². The van der Waals surface area contributed by atoms with E-state index in [4.69, 9.17) is 6.57 Å². The highest BCUT2D eigenvalue weighted by Crippen LogP contribution is 2.22. The Labute approximate surface area is 56.6 Å². The lowest BCUT2D eigenvalue weighted by Crippen LogP contribution is -1.61. The first-order chi connectivity index (χ1) is 4.36. The van der Waals surface area contributed by atoms with E-state index in [0.717, 1.165) is 6.29 Å². The monoisotopic (exact) mass is 137 g/mol. The summed E-state index contributed by atoms with van der Waals surface area (Å²) >= 11 is 1.21. The van der Waals surface area contributed by atoms with Crippen LogP contribution in [0.15, 0.2) is 12.1 Å². The molecule has 0 fully saturated rings. The average molecular weight is 137 g/mol. The van der Waals surface area contributed by atoms with Gasteiger partial charge in [-0.1, -0.05) is 6.07 Å². The first kappa shape index (κ1) is 5.99. The molecule has 0 aliphatic heterocycles. The fourth-order valence-corrected chi connectivity index (χ4v) is 1.07. The molecule has 0 aromatic carbocycles. The van der Waals surface area contributed by atoms with E-state index in [2.05, 4.69) is 4.85 Å². The van der Waals surface area contributed by atoms with Crippen LogP contribution in [-0.2, 0) is 0 Å². The van der Waals surface area contributed by atoms with E-state index in [0.29, 0.717) is 9.88 Å². The van der Waals surface area contributed by atoms with E-state index < -0.39 is 0 Å². The van der Waals surface area contributed by atoms with Crippen molar-refractivity contribution in [2.75, 3.05) is 0 Å². The summed E-state index contributed by atoms with van der Waals surface area (Å²) in [6.45, 7) is 6.55. The van der Waals surface area contributed by atoms with Gasteiger partial charge in [-0.15, -0.1) is 0 Å². The van der Waals surface area contributed by atoms with Crippen LogP contribution in [0, 0.1) is 6.57 Å². The molecule has 0 spiro atoms. The van der Waals surface area contributed by atoms with Gasteiger partial charge in [0.15, 0.2) is 6.29 Å². The molecule has 0 saturated carbocycles. The number of aldehydes is 1. The van der Waals surface area contributed by atoms with Gasteiger partial charge >= 0.3 is 0 Å². The smallest absolute Gasteiger partial charge is 0.241 e. The minimum Gasteiger partial charge on any atom is -0.297 e. The highest BCUT2D eigenvalue weighted by Gasteiger charge is 1.94. The lowest BCUT2D eigenvalue weighted by Gasteiger charge is -1.70. The highest BCUT2D eigenvalue weighted by molar-refractivity contribution is 7.17. The zero-order valence-electron chi connectivity index (χ0n) is 4.50. The normalized spacial score (nSPS) is 8.33. The molecule has 1 heterocycles. The maximum atomic E-state index is 10.0. The molecule has 1 aromatic rings.